The summed E-state index contributed by atoms with van der Waals surface area (Å²) >= 11 is 3.36. The first-order valence-electron chi connectivity index (χ1n) is 5.00. The molecule has 2 rings (SSSR count). The molecule has 17 heavy (non-hydrogen) atoms. The van der Waals surface area contributed by atoms with E-state index in [1.807, 2.05) is 13.0 Å². The number of pyridine rings is 1. The molecule has 0 amide bonds. The van der Waals surface area contributed by atoms with Crippen LogP contribution < -0.4 is 0 Å². The van der Waals surface area contributed by atoms with E-state index in [9.17, 15) is 9.18 Å². The number of hydrogen-bond donors (Lipinski definition) is 0. The maximum Gasteiger partial charge on any atom is 0.150 e. The highest BCUT2D eigenvalue weighted by Gasteiger charge is 2.08. The smallest absolute Gasteiger partial charge is 0.150 e. The van der Waals surface area contributed by atoms with Gasteiger partial charge >= 0.3 is 0 Å². The molecule has 0 atom stereocenters. The number of benzene rings is 1. The third-order valence-electron chi connectivity index (χ3n) is 2.44. The summed E-state index contributed by atoms with van der Waals surface area (Å²) < 4.78 is 13.9. The van der Waals surface area contributed by atoms with E-state index in [0.29, 0.717) is 23.1 Å². The zero-order chi connectivity index (χ0) is 12.4. The summed E-state index contributed by atoms with van der Waals surface area (Å²) in [6, 6.07) is 7.74. The Labute approximate surface area is 107 Å². The highest BCUT2D eigenvalue weighted by atomic mass is 79.9. The summed E-state index contributed by atoms with van der Waals surface area (Å²) in [6.45, 7) is 1.86. The lowest BCUT2D eigenvalue weighted by Crippen LogP contribution is -1.93. The van der Waals surface area contributed by atoms with Crippen LogP contribution in [0.25, 0.3) is 11.3 Å². The Hall–Kier alpha value is -1.55. The molecule has 0 aliphatic rings. The van der Waals surface area contributed by atoms with Crippen molar-refractivity contribution in [3.05, 3.63) is 51.9 Å². The number of hydrogen-bond acceptors (Lipinski definition) is 2. The van der Waals surface area contributed by atoms with Crippen LogP contribution in [0.2, 0.25) is 0 Å². The van der Waals surface area contributed by atoms with Crippen molar-refractivity contribution >= 4 is 22.2 Å². The normalized spacial score (nSPS) is 10.3. The van der Waals surface area contributed by atoms with E-state index in [1.54, 1.807) is 12.1 Å². The van der Waals surface area contributed by atoms with Crippen LogP contribution in [-0.2, 0) is 0 Å². The van der Waals surface area contributed by atoms with Crippen molar-refractivity contribution in [2.75, 3.05) is 0 Å². The Bertz CT molecular complexity index is 584. The zero-order valence-corrected chi connectivity index (χ0v) is 10.7. The maximum absolute atomic E-state index is 13.0. The standard InChI is InChI=1S/C13H9BrFNO/c1-8-12(14)4-5-13(16-8)11-3-2-10(15)6-9(11)7-17/h2-7H,1H3. The quantitative estimate of drug-likeness (QED) is 0.789. The molecule has 0 aliphatic carbocycles. The number of carbonyl (C=O) groups excluding carboxylic acids is 1. The van der Waals surface area contributed by atoms with Crippen molar-refractivity contribution in [2.24, 2.45) is 0 Å². The molecule has 0 N–H and O–H groups in total. The molecule has 0 saturated heterocycles. The molecule has 2 aromatic rings. The van der Waals surface area contributed by atoms with Gasteiger partial charge < -0.3 is 0 Å². The molecule has 0 fully saturated rings. The van der Waals surface area contributed by atoms with Gasteiger partial charge in [0.15, 0.2) is 6.29 Å². The fourth-order valence-electron chi connectivity index (χ4n) is 1.56. The van der Waals surface area contributed by atoms with Crippen molar-refractivity contribution in [2.45, 2.75) is 6.92 Å². The largest absolute Gasteiger partial charge is 0.298 e. The molecule has 2 nitrogen and oxygen atoms in total. The molecule has 1 heterocycles. The molecule has 0 saturated carbocycles. The SMILES string of the molecule is Cc1nc(-c2ccc(F)cc2C=O)ccc1Br. The third kappa shape index (κ3) is 2.42. The van der Waals surface area contributed by atoms with Gasteiger partial charge in [-0.15, -0.1) is 0 Å². The van der Waals surface area contributed by atoms with E-state index in [1.165, 1.54) is 12.1 Å². The summed E-state index contributed by atoms with van der Waals surface area (Å²) in [4.78, 5) is 15.3. The lowest BCUT2D eigenvalue weighted by Gasteiger charge is -2.06. The Balaban J connectivity index is 2.59. The minimum Gasteiger partial charge on any atom is -0.298 e. The number of halogens is 2. The van der Waals surface area contributed by atoms with Crippen LogP contribution in [0.1, 0.15) is 16.1 Å². The van der Waals surface area contributed by atoms with Crippen molar-refractivity contribution in [3.63, 3.8) is 0 Å². The molecular formula is C13H9BrFNO. The van der Waals surface area contributed by atoms with Gasteiger partial charge in [0, 0.05) is 15.6 Å². The van der Waals surface area contributed by atoms with Gasteiger partial charge in [0.1, 0.15) is 5.82 Å². The Morgan fingerprint density at radius 2 is 2.06 bits per heavy atom. The summed E-state index contributed by atoms with van der Waals surface area (Å²) in [5.41, 5.74) is 2.42. The summed E-state index contributed by atoms with van der Waals surface area (Å²) in [5, 5.41) is 0. The van der Waals surface area contributed by atoms with Crippen LogP contribution in [0.3, 0.4) is 0 Å². The minimum absolute atomic E-state index is 0.305. The number of nitrogens with zero attached hydrogens (tertiary/aromatic N) is 1. The lowest BCUT2D eigenvalue weighted by atomic mass is 10.0. The van der Waals surface area contributed by atoms with Gasteiger partial charge in [0.25, 0.3) is 0 Å². The summed E-state index contributed by atoms with van der Waals surface area (Å²) in [6.07, 6.45) is 0.636. The van der Waals surface area contributed by atoms with Gasteiger partial charge in [-0.2, -0.15) is 0 Å². The molecule has 0 radical (unpaired) electrons. The van der Waals surface area contributed by atoms with Gasteiger partial charge in [-0.1, -0.05) is 0 Å². The molecule has 0 spiro atoms. The number of aromatic nitrogens is 1. The summed E-state index contributed by atoms with van der Waals surface area (Å²) in [7, 11) is 0. The van der Waals surface area contributed by atoms with E-state index in [4.69, 9.17) is 0 Å². The van der Waals surface area contributed by atoms with Crippen LogP contribution in [0, 0.1) is 12.7 Å². The second kappa shape index (κ2) is 4.75. The molecule has 86 valence electrons. The molecule has 4 heteroatoms. The first-order chi connectivity index (χ1) is 8.11. The lowest BCUT2D eigenvalue weighted by molar-refractivity contribution is 0.112. The van der Waals surface area contributed by atoms with E-state index in [-0.39, 0.29) is 0 Å². The van der Waals surface area contributed by atoms with E-state index in [0.717, 1.165) is 10.2 Å². The van der Waals surface area contributed by atoms with Crippen LogP contribution in [0.4, 0.5) is 4.39 Å². The molecule has 0 aliphatic heterocycles. The molecule has 1 aromatic carbocycles. The van der Waals surface area contributed by atoms with E-state index >= 15 is 0 Å². The fourth-order valence-corrected chi connectivity index (χ4v) is 1.78. The Morgan fingerprint density at radius 3 is 2.71 bits per heavy atom. The predicted octanol–water partition coefficient (Wildman–Crippen LogP) is 3.77. The van der Waals surface area contributed by atoms with Gasteiger partial charge in [-0.3, -0.25) is 9.78 Å². The maximum atomic E-state index is 13.0. The number of rotatable bonds is 2. The van der Waals surface area contributed by atoms with Crippen molar-refractivity contribution in [3.8, 4) is 11.3 Å². The zero-order valence-electron chi connectivity index (χ0n) is 9.08. The van der Waals surface area contributed by atoms with Crippen LogP contribution in [-0.4, -0.2) is 11.3 Å². The van der Waals surface area contributed by atoms with Crippen LogP contribution in [0.5, 0.6) is 0 Å². The fraction of sp³-hybridized carbons (Fsp3) is 0.0769. The topological polar surface area (TPSA) is 30.0 Å². The van der Waals surface area contributed by atoms with Gasteiger partial charge in [-0.05, 0) is 53.2 Å². The van der Waals surface area contributed by atoms with Crippen molar-refractivity contribution < 1.29 is 9.18 Å². The van der Waals surface area contributed by atoms with Crippen molar-refractivity contribution in [1.29, 1.82) is 0 Å². The molecular weight excluding hydrogens is 285 g/mol. The highest BCUT2D eigenvalue weighted by molar-refractivity contribution is 9.10. The number of aryl methyl sites for hydroxylation is 1. The average molecular weight is 294 g/mol. The van der Waals surface area contributed by atoms with Gasteiger partial charge in [0.2, 0.25) is 0 Å². The van der Waals surface area contributed by atoms with E-state index in [2.05, 4.69) is 20.9 Å². The summed E-state index contributed by atoms with van der Waals surface area (Å²) in [5.74, 6) is -0.426. The number of carbonyl (C=O) groups is 1. The predicted molar refractivity (Wildman–Crippen MR) is 67.5 cm³/mol. The molecule has 1 aromatic heterocycles. The Kier molecular flexibility index (Phi) is 3.33. The average Bonchev–Trinajstić information content (AvgIpc) is 2.32. The third-order valence-corrected chi connectivity index (χ3v) is 3.28. The second-order valence-electron chi connectivity index (χ2n) is 3.61. The minimum atomic E-state index is -0.426. The molecule has 0 unspecified atom stereocenters. The van der Waals surface area contributed by atoms with Crippen molar-refractivity contribution in [1.82, 2.24) is 4.98 Å². The first kappa shape index (κ1) is 11.9. The monoisotopic (exact) mass is 293 g/mol. The van der Waals surface area contributed by atoms with E-state index < -0.39 is 5.82 Å². The Morgan fingerprint density at radius 1 is 1.29 bits per heavy atom. The van der Waals surface area contributed by atoms with Crippen LogP contribution in [0.15, 0.2) is 34.8 Å². The first-order valence-corrected chi connectivity index (χ1v) is 5.79. The van der Waals surface area contributed by atoms with Gasteiger partial charge in [0.05, 0.1) is 11.4 Å². The highest BCUT2D eigenvalue weighted by Crippen LogP contribution is 2.24. The number of aldehydes is 1. The second-order valence-corrected chi connectivity index (χ2v) is 4.47. The molecule has 0 bridgehead atoms. The van der Waals surface area contributed by atoms with Gasteiger partial charge in [-0.25, -0.2) is 4.39 Å². The van der Waals surface area contributed by atoms with Crippen LogP contribution >= 0.6 is 15.9 Å².